The minimum Gasteiger partial charge on any atom is -0.456 e. The van der Waals surface area contributed by atoms with Gasteiger partial charge in [-0.25, -0.2) is 0 Å². The fraction of sp³-hybridized carbons (Fsp3) is 0.263. The van der Waals surface area contributed by atoms with Crippen LogP contribution in [0.4, 0.5) is 5.69 Å². The van der Waals surface area contributed by atoms with Gasteiger partial charge in [0, 0.05) is 5.69 Å². The summed E-state index contributed by atoms with van der Waals surface area (Å²) in [5.74, 6) is -0.649. The van der Waals surface area contributed by atoms with Crippen molar-refractivity contribution < 1.29 is 14.3 Å². The molecule has 0 aliphatic heterocycles. The number of benzene rings is 2. The summed E-state index contributed by atoms with van der Waals surface area (Å²) < 4.78 is 5.06. The van der Waals surface area contributed by atoms with Gasteiger partial charge in [0.1, 0.15) is 0 Å². The number of esters is 1. The quantitative estimate of drug-likeness (QED) is 0.828. The molecular weight excluding hydrogens is 290 g/mol. The Morgan fingerprint density at radius 3 is 2.39 bits per heavy atom. The van der Waals surface area contributed by atoms with Gasteiger partial charge in [0.2, 0.25) is 0 Å². The van der Waals surface area contributed by atoms with Gasteiger partial charge in [-0.1, -0.05) is 55.5 Å². The summed E-state index contributed by atoms with van der Waals surface area (Å²) in [6.45, 7) is 3.60. The van der Waals surface area contributed by atoms with Crippen LogP contribution in [0.15, 0.2) is 54.6 Å². The zero-order valence-corrected chi connectivity index (χ0v) is 13.4. The monoisotopic (exact) mass is 311 g/mol. The van der Waals surface area contributed by atoms with Gasteiger partial charge in [-0.2, -0.15) is 0 Å². The minimum atomic E-state index is -0.374. The van der Waals surface area contributed by atoms with Crippen molar-refractivity contribution in [1.82, 2.24) is 0 Å². The molecule has 2 aromatic rings. The molecule has 0 fully saturated rings. The molecule has 0 heterocycles. The number of aryl methyl sites for hydroxylation is 1. The lowest BCUT2D eigenvalue weighted by atomic mass is 9.98. The highest BCUT2D eigenvalue weighted by atomic mass is 16.5. The van der Waals surface area contributed by atoms with Crippen LogP contribution in [0.2, 0.25) is 0 Å². The van der Waals surface area contributed by atoms with Crippen LogP contribution in [0.5, 0.6) is 0 Å². The highest BCUT2D eigenvalue weighted by Gasteiger charge is 2.14. The van der Waals surface area contributed by atoms with Gasteiger partial charge in [0.15, 0.2) is 6.61 Å². The van der Waals surface area contributed by atoms with Crippen molar-refractivity contribution in [2.24, 2.45) is 0 Å². The Hall–Kier alpha value is -2.62. The number of amides is 1. The molecule has 1 N–H and O–H groups in total. The van der Waals surface area contributed by atoms with Crippen LogP contribution in [0, 0.1) is 6.92 Å². The van der Waals surface area contributed by atoms with E-state index in [0.29, 0.717) is 0 Å². The molecule has 1 atom stereocenters. The SMILES string of the molecule is Cc1ccccc1NC(=O)COC(=O)C[C@@H](C)c1ccccc1. The van der Waals surface area contributed by atoms with E-state index in [-0.39, 0.29) is 30.8 Å². The number of nitrogens with one attached hydrogen (secondary N) is 1. The van der Waals surface area contributed by atoms with Crippen LogP contribution in [0.25, 0.3) is 0 Å². The number of hydrogen-bond donors (Lipinski definition) is 1. The summed E-state index contributed by atoms with van der Waals surface area (Å²) in [6, 6.07) is 17.2. The van der Waals surface area contributed by atoms with E-state index in [9.17, 15) is 9.59 Å². The van der Waals surface area contributed by atoms with Gasteiger partial charge < -0.3 is 10.1 Å². The van der Waals surface area contributed by atoms with Crippen molar-refractivity contribution in [3.63, 3.8) is 0 Å². The Labute approximate surface area is 136 Å². The predicted octanol–water partition coefficient (Wildman–Crippen LogP) is 3.67. The third-order valence-corrected chi connectivity index (χ3v) is 3.62. The Balaban J connectivity index is 1.78. The van der Waals surface area contributed by atoms with Gasteiger partial charge in [0.05, 0.1) is 6.42 Å². The maximum atomic E-state index is 11.8. The van der Waals surface area contributed by atoms with E-state index in [1.54, 1.807) is 0 Å². The van der Waals surface area contributed by atoms with Gasteiger partial charge >= 0.3 is 5.97 Å². The third-order valence-electron chi connectivity index (χ3n) is 3.62. The summed E-state index contributed by atoms with van der Waals surface area (Å²) in [6.07, 6.45) is 0.252. The first-order valence-electron chi connectivity index (χ1n) is 7.62. The smallest absolute Gasteiger partial charge is 0.306 e. The molecule has 2 aromatic carbocycles. The van der Waals surface area contributed by atoms with E-state index in [2.05, 4.69) is 5.32 Å². The summed E-state index contributed by atoms with van der Waals surface area (Å²) in [5.41, 5.74) is 2.77. The molecular formula is C19H21NO3. The second-order valence-electron chi connectivity index (χ2n) is 5.54. The molecule has 0 aromatic heterocycles. The van der Waals surface area contributed by atoms with E-state index in [4.69, 9.17) is 4.74 Å². The fourth-order valence-electron chi connectivity index (χ4n) is 2.25. The van der Waals surface area contributed by atoms with Gasteiger partial charge in [0.25, 0.3) is 5.91 Å². The van der Waals surface area contributed by atoms with Gasteiger partial charge in [-0.3, -0.25) is 9.59 Å². The number of hydrogen-bond acceptors (Lipinski definition) is 3. The molecule has 0 bridgehead atoms. The molecule has 1 amide bonds. The minimum absolute atomic E-state index is 0.0585. The van der Waals surface area contributed by atoms with E-state index >= 15 is 0 Å². The summed E-state index contributed by atoms with van der Waals surface area (Å²) >= 11 is 0. The zero-order chi connectivity index (χ0) is 16.7. The van der Waals surface area contributed by atoms with Crippen LogP contribution in [-0.2, 0) is 14.3 Å². The van der Waals surface area contributed by atoms with Crippen molar-refractivity contribution in [3.8, 4) is 0 Å². The Kier molecular flexibility index (Phi) is 5.92. The van der Waals surface area contributed by atoms with E-state index in [0.717, 1.165) is 16.8 Å². The van der Waals surface area contributed by atoms with E-state index in [1.807, 2.05) is 68.4 Å². The van der Waals surface area contributed by atoms with Crippen LogP contribution < -0.4 is 5.32 Å². The van der Waals surface area contributed by atoms with Crippen molar-refractivity contribution in [1.29, 1.82) is 0 Å². The zero-order valence-electron chi connectivity index (χ0n) is 13.4. The predicted molar refractivity (Wildman–Crippen MR) is 90.2 cm³/mol. The molecule has 23 heavy (non-hydrogen) atoms. The van der Waals surface area contributed by atoms with Crippen molar-refractivity contribution >= 4 is 17.6 Å². The summed E-state index contributed by atoms with van der Waals surface area (Å²) in [5, 5.41) is 2.73. The average Bonchev–Trinajstić information content (AvgIpc) is 2.56. The van der Waals surface area contributed by atoms with Crippen LogP contribution in [-0.4, -0.2) is 18.5 Å². The first-order chi connectivity index (χ1) is 11.1. The lowest BCUT2D eigenvalue weighted by Gasteiger charge is -2.12. The highest BCUT2D eigenvalue weighted by molar-refractivity contribution is 5.93. The second kappa shape index (κ2) is 8.13. The Bertz CT molecular complexity index is 667. The standard InChI is InChI=1S/C19H21NO3/c1-14-8-6-7-11-17(14)20-18(21)13-23-19(22)12-15(2)16-9-4-3-5-10-16/h3-11,15H,12-13H2,1-2H3,(H,20,21)/t15-/m1/s1. The van der Waals surface area contributed by atoms with Crippen molar-refractivity contribution in [3.05, 3.63) is 65.7 Å². The lowest BCUT2D eigenvalue weighted by molar-refractivity contribution is -0.147. The van der Waals surface area contributed by atoms with E-state index < -0.39 is 0 Å². The summed E-state index contributed by atoms with van der Waals surface area (Å²) in [4.78, 5) is 23.7. The molecule has 4 nitrogen and oxygen atoms in total. The van der Waals surface area contributed by atoms with Gasteiger partial charge in [-0.05, 0) is 30.0 Å². The summed E-state index contributed by atoms with van der Waals surface area (Å²) in [7, 11) is 0. The first-order valence-corrected chi connectivity index (χ1v) is 7.62. The molecule has 0 unspecified atom stereocenters. The fourth-order valence-corrected chi connectivity index (χ4v) is 2.25. The molecule has 0 saturated carbocycles. The van der Waals surface area contributed by atoms with Crippen molar-refractivity contribution in [2.45, 2.75) is 26.2 Å². The van der Waals surface area contributed by atoms with Crippen LogP contribution in [0.1, 0.15) is 30.4 Å². The highest BCUT2D eigenvalue weighted by Crippen LogP contribution is 2.19. The molecule has 4 heteroatoms. The maximum Gasteiger partial charge on any atom is 0.306 e. The third kappa shape index (κ3) is 5.25. The maximum absolute atomic E-state index is 11.8. The molecule has 0 aliphatic carbocycles. The average molecular weight is 311 g/mol. The number of para-hydroxylation sites is 1. The topological polar surface area (TPSA) is 55.4 Å². The van der Waals surface area contributed by atoms with Crippen LogP contribution in [0.3, 0.4) is 0 Å². The lowest BCUT2D eigenvalue weighted by Crippen LogP contribution is -2.21. The Morgan fingerprint density at radius 1 is 1.04 bits per heavy atom. The van der Waals surface area contributed by atoms with Crippen molar-refractivity contribution in [2.75, 3.05) is 11.9 Å². The molecule has 0 radical (unpaired) electrons. The van der Waals surface area contributed by atoms with Crippen LogP contribution >= 0.6 is 0 Å². The molecule has 2 rings (SSSR count). The molecule has 0 spiro atoms. The number of carbonyl (C=O) groups excluding carboxylic acids is 2. The second-order valence-corrected chi connectivity index (χ2v) is 5.54. The number of rotatable bonds is 6. The van der Waals surface area contributed by atoms with E-state index in [1.165, 1.54) is 0 Å². The number of anilines is 1. The number of carbonyl (C=O) groups is 2. The normalized spacial score (nSPS) is 11.6. The van der Waals surface area contributed by atoms with Gasteiger partial charge in [-0.15, -0.1) is 0 Å². The largest absolute Gasteiger partial charge is 0.456 e. The number of ether oxygens (including phenoxy) is 1. The molecule has 0 aliphatic rings. The molecule has 120 valence electrons. The first kappa shape index (κ1) is 16.7. The Morgan fingerprint density at radius 2 is 1.70 bits per heavy atom. The molecule has 0 saturated heterocycles.